The molecule has 0 aromatic heterocycles. The topological polar surface area (TPSA) is 47.9 Å². The van der Waals surface area contributed by atoms with Crippen molar-refractivity contribution in [3.63, 3.8) is 0 Å². The van der Waals surface area contributed by atoms with E-state index in [4.69, 9.17) is 15.1 Å². The molecule has 1 N–H and O–H groups in total. The van der Waals surface area contributed by atoms with Crippen molar-refractivity contribution in [1.82, 2.24) is 0 Å². The van der Waals surface area contributed by atoms with Crippen molar-refractivity contribution < 1.29 is 32.8 Å². The van der Waals surface area contributed by atoms with Gasteiger partial charge in [0.2, 0.25) is 0 Å². The van der Waals surface area contributed by atoms with E-state index in [1.807, 2.05) is 20.8 Å². The first-order chi connectivity index (χ1) is 5.74. The Labute approximate surface area is 78.6 Å². The fraction of sp³-hybridized carbons (Fsp3) is 1.00. The first-order valence-corrected chi connectivity index (χ1v) is 7.29. The normalized spacial score (nSPS) is 12.0. The quantitative estimate of drug-likeness (QED) is 0.641. The van der Waals surface area contributed by atoms with Crippen LogP contribution >= 0.6 is 0 Å². The second-order valence-corrected chi connectivity index (χ2v) is 6.12. The number of aliphatic hydroxyl groups is 1. The molecule has 5 heteroatoms. The Hall–Kier alpha value is 0.554. The molecule has 0 aromatic carbocycles. The predicted octanol–water partition coefficient (Wildman–Crippen LogP) is 0.945. The van der Waals surface area contributed by atoms with Crippen LogP contribution in [0.2, 0.25) is 0 Å². The van der Waals surface area contributed by atoms with Crippen molar-refractivity contribution in [2.24, 2.45) is 0 Å². The Morgan fingerprint density at radius 3 is 1.42 bits per heavy atom. The van der Waals surface area contributed by atoms with E-state index in [2.05, 4.69) is 0 Å². The van der Waals surface area contributed by atoms with Gasteiger partial charge < -0.3 is 0 Å². The minimum atomic E-state index is -3.23. The van der Waals surface area contributed by atoms with E-state index >= 15 is 0 Å². The number of rotatable bonds is 7. The summed E-state index contributed by atoms with van der Waals surface area (Å²) in [7, 11) is 0. The van der Waals surface area contributed by atoms with Crippen LogP contribution in [0, 0.1) is 0 Å². The predicted molar refractivity (Wildman–Crippen MR) is 42.0 cm³/mol. The second-order valence-electron chi connectivity index (χ2n) is 2.14. The van der Waals surface area contributed by atoms with E-state index in [0.717, 1.165) is 0 Å². The molecule has 0 saturated heterocycles. The summed E-state index contributed by atoms with van der Waals surface area (Å²) in [6.45, 7) is 7.19. The minimum absolute atomic E-state index is 0.102. The molecule has 4 nitrogen and oxygen atoms in total. The third kappa shape index (κ3) is 3.98. The van der Waals surface area contributed by atoms with Crippen molar-refractivity contribution in [2.75, 3.05) is 24.7 Å². The third-order valence-corrected chi connectivity index (χ3v) is 5.30. The molecule has 0 aromatic rings. The van der Waals surface area contributed by atoms with Crippen LogP contribution in [0.3, 0.4) is 0 Å². The van der Waals surface area contributed by atoms with Gasteiger partial charge in [-0.1, -0.05) is 0 Å². The molecule has 0 aliphatic carbocycles. The monoisotopic (exact) mass is 214 g/mol. The summed E-state index contributed by atoms with van der Waals surface area (Å²) in [5.41, 5.74) is 0. The summed E-state index contributed by atoms with van der Waals surface area (Å²) in [4.78, 5) is -0.102. The zero-order valence-corrected chi connectivity index (χ0v) is 9.56. The Morgan fingerprint density at radius 1 is 0.917 bits per heavy atom. The second kappa shape index (κ2) is 7.01. The van der Waals surface area contributed by atoms with Crippen molar-refractivity contribution in [3.05, 3.63) is 0 Å². The van der Waals surface area contributed by atoms with Gasteiger partial charge in [-0.05, 0) is 0 Å². The van der Waals surface area contributed by atoms with Crippen LogP contribution in [-0.4, -0.2) is 29.8 Å². The van der Waals surface area contributed by atoms with Crippen LogP contribution in [0.25, 0.3) is 0 Å². The van der Waals surface area contributed by atoms with Crippen molar-refractivity contribution in [3.8, 4) is 0 Å². The summed E-state index contributed by atoms with van der Waals surface area (Å²) in [5.74, 6) is 0. The van der Waals surface area contributed by atoms with Gasteiger partial charge in [-0.3, -0.25) is 0 Å². The zero-order valence-electron chi connectivity index (χ0n) is 8.00. The summed E-state index contributed by atoms with van der Waals surface area (Å²) in [5, 5.41) is 9.08. The standard InChI is InChI=1S/3C2H5O.CH3O.Ti/c3*1-2-3;1-2;/h3*2H2,1H3;2H,1H2;/q3*-1;;+3. The molecule has 0 fully saturated rings. The molecule has 74 valence electrons. The van der Waals surface area contributed by atoms with Crippen LogP contribution in [-0.2, 0) is 27.7 Å². The average molecular weight is 214 g/mol. The molecule has 0 heterocycles. The first-order valence-electron chi connectivity index (χ1n) is 4.27. The molecule has 0 atom stereocenters. The fourth-order valence-electron chi connectivity index (χ4n) is 0.922. The molecule has 12 heavy (non-hydrogen) atoms. The molecule has 0 bridgehead atoms. The molecule has 0 aliphatic rings. The molecule has 0 unspecified atom stereocenters. The van der Waals surface area contributed by atoms with Gasteiger partial charge in [-0.2, -0.15) is 0 Å². The molecule has 0 aliphatic heterocycles. The zero-order chi connectivity index (χ0) is 9.45. The van der Waals surface area contributed by atoms with E-state index in [0.29, 0.717) is 19.8 Å². The maximum atomic E-state index is 9.08. The Balaban J connectivity index is 4.06. The van der Waals surface area contributed by atoms with Crippen molar-refractivity contribution in [2.45, 2.75) is 20.8 Å². The SMILES string of the molecule is CC[O][Ti]([CH2]O)([O]CC)[O]CC. The van der Waals surface area contributed by atoms with E-state index < -0.39 is 17.8 Å². The van der Waals surface area contributed by atoms with Gasteiger partial charge in [0.15, 0.2) is 0 Å². The van der Waals surface area contributed by atoms with Crippen LogP contribution in [0.4, 0.5) is 0 Å². The van der Waals surface area contributed by atoms with Crippen LogP contribution in [0.15, 0.2) is 0 Å². The van der Waals surface area contributed by atoms with E-state index in [1.54, 1.807) is 0 Å². The van der Waals surface area contributed by atoms with Crippen molar-refractivity contribution in [1.29, 1.82) is 0 Å². The van der Waals surface area contributed by atoms with Gasteiger partial charge in [0.1, 0.15) is 0 Å². The summed E-state index contributed by atoms with van der Waals surface area (Å²) >= 11 is -3.23. The molecule has 0 radical (unpaired) electrons. The number of hydrogen-bond acceptors (Lipinski definition) is 4. The third-order valence-electron chi connectivity index (χ3n) is 1.29. The molecule has 0 saturated carbocycles. The van der Waals surface area contributed by atoms with Gasteiger partial charge >= 0.3 is 78.3 Å². The molecular weight excluding hydrogens is 196 g/mol. The van der Waals surface area contributed by atoms with Gasteiger partial charge in [0.05, 0.1) is 0 Å². The summed E-state index contributed by atoms with van der Waals surface area (Å²) in [6, 6.07) is 0. The molecule has 0 spiro atoms. The molecule has 0 amide bonds. The summed E-state index contributed by atoms with van der Waals surface area (Å²) in [6.07, 6.45) is 0. The first kappa shape index (κ1) is 12.6. The van der Waals surface area contributed by atoms with Gasteiger partial charge in [-0.25, -0.2) is 0 Å². The van der Waals surface area contributed by atoms with E-state index in [9.17, 15) is 0 Å². The number of aliphatic hydroxyl groups excluding tert-OH is 1. The fourth-order valence-corrected chi connectivity index (χ4v) is 3.80. The van der Waals surface area contributed by atoms with E-state index in [-0.39, 0.29) is 4.91 Å². The maximum absolute atomic E-state index is 9.08. The van der Waals surface area contributed by atoms with Crippen LogP contribution in [0.5, 0.6) is 0 Å². The molecule has 0 rings (SSSR count). The Kier molecular flexibility index (Phi) is 7.33. The van der Waals surface area contributed by atoms with Gasteiger partial charge in [-0.15, -0.1) is 0 Å². The average Bonchev–Trinajstić information content (AvgIpc) is 2.06. The molecular formula is C7H18O4Ti. The van der Waals surface area contributed by atoms with Crippen molar-refractivity contribution >= 4 is 0 Å². The Bertz CT molecular complexity index is 92.6. The number of hydrogen-bond donors (Lipinski definition) is 1. The van der Waals surface area contributed by atoms with Crippen LogP contribution in [0.1, 0.15) is 20.8 Å². The Morgan fingerprint density at radius 2 is 1.25 bits per heavy atom. The van der Waals surface area contributed by atoms with Gasteiger partial charge in [0, 0.05) is 0 Å². The van der Waals surface area contributed by atoms with Gasteiger partial charge in [0.25, 0.3) is 0 Å². The van der Waals surface area contributed by atoms with Crippen LogP contribution < -0.4 is 0 Å². The van der Waals surface area contributed by atoms with E-state index in [1.165, 1.54) is 0 Å². The summed E-state index contributed by atoms with van der Waals surface area (Å²) < 4.78 is 16.1.